The van der Waals surface area contributed by atoms with E-state index in [0.717, 1.165) is 12.8 Å². The molecule has 1 heterocycles. The third-order valence-electron chi connectivity index (χ3n) is 3.48. The van der Waals surface area contributed by atoms with Crippen LogP contribution in [0.4, 0.5) is 0 Å². The molecule has 0 amide bonds. The number of esters is 1. The summed E-state index contributed by atoms with van der Waals surface area (Å²) >= 11 is 0. The first-order chi connectivity index (χ1) is 8.90. The Bertz CT molecular complexity index is 397. The van der Waals surface area contributed by atoms with Crippen LogP contribution in [0.25, 0.3) is 0 Å². The van der Waals surface area contributed by atoms with Gasteiger partial charge in [-0.15, -0.1) is 0 Å². The number of nitrogens with two attached hydrogens (primary N) is 1. The maximum atomic E-state index is 12.2. The van der Waals surface area contributed by atoms with Gasteiger partial charge in [0.15, 0.2) is 0 Å². The lowest BCUT2D eigenvalue weighted by atomic mass is 9.96. The number of carbonyl (C=O) groups excluding carboxylic acids is 1. The van der Waals surface area contributed by atoms with Crippen LogP contribution in [0.3, 0.4) is 0 Å². The molecule has 2 N–H and O–H groups in total. The van der Waals surface area contributed by atoms with Gasteiger partial charge in [0.05, 0.1) is 18.8 Å². The quantitative estimate of drug-likeness (QED) is 0.712. The predicted molar refractivity (Wildman–Crippen MR) is 73.0 cm³/mol. The summed E-state index contributed by atoms with van der Waals surface area (Å²) in [5, 5.41) is 0. The first kappa shape index (κ1) is 16.4. The minimum Gasteiger partial charge on any atom is -0.466 e. The number of ether oxygens (including phenoxy) is 1. The van der Waals surface area contributed by atoms with Crippen LogP contribution in [0.1, 0.15) is 33.1 Å². The Morgan fingerprint density at radius 2 is 2.11 bits per heavy atom. The zero-order valence-electron chi connectivity index (χ0n) is 11.7. The van der Waals surface area contributed by atoms with E-state index in [4.69, 9.17) is 10.5 Å². The summed E-state index contributed by atoms with van der Waals surface area (Å²) in [6.07, 6.45) is 1.69. The van der Waals surface area contributed by atoms with Crippen molar-refractivity contribution in [3.63, 3.8) is 0 Å². The number of hydrogen-bond acceptors (Lipinski definition) is 5. The van der Waals surface area contributed by atoms with Gasteiger partial charge in [-0.05, 0) is 39.2 Å². The molecule has 2 unspecified atom stereocenters. The molecule has 19 heavy (non-hydrogen) atoms. The molecule has 1 aliphatic heterocycles. The molecule has 0 aromatic rings. The molecule has 6 nitrogen and oxygen atoms in total. The van der Waals surface area contributed by atoms with E-state index in [1.807, 2.05) is 6.92 Å². The minimum atomic E-state index is -3.41. The van der Waals surface area contributed by atoms with Gasteiger partial charge in [-0.25, -0.2) is 8.42 Å². The normalized spacial score (nSPS) is 25.2. The molecule has 0 aromatic heterocycles. The van der Waals surface area contributed by atoms with Gasteiger partial charge in [-0.3, -0.25) is 4.79 Å². The van der Waals surface area contributed by atoms with E-state index in [0.29, 0.717) is 13.1 Å². The van der Waals surface area contributed by atoms with Crippen molar-refractivity contribution in [3.05, 3.63) is 0 Å². The second-order valence-corrected chi connectivity index (χ2v) is 7.01. The summed E-state index contributed by atoms with van der Waals surface area (Å²) in [7, 11) is -3.41. The monoisotopic (exact) mass is 292 g/mol. The SMILES string of the molecule is CCOC(=O)CCS(=O)(=O)N1CC(CN)CCC1C. The number of nitrogens with zero attached hydrogens (tertiary/aromatic N) is 1. The average molecular weight is 292 g/mol. The largest absolute Gasteiger partial charge is 0.466 e. The fourth-order valence-electron chi connectivity index (χ4n) is 2.29. The molecular formula is C12H24N2O4S. The lowest BCUT2D eigenvalue weighted by molar-refractivity contribution is -0.142. The topological polar surface area (TPSA) is 89.7 Å². The van der Waals surface area contributed by atoms with Crippen LogP contribution in [0, 0.1) is 5.92 Å². The van der Waals surface area contributed by atoms with Crippen molar-refractivity contribution < 1.29 is 17.9 Å². The number of piperidine rings is 1. The maximum absolute atomic E-state index is 12.2. The molecule has 1 fully saturated rings. The molecule has 1 rings (SSSR count). The molecule has 1 aliphatic rings. The van der Waals surface area contributed by atoms with E-state index in [-0.39, 0.29) is 30.7 Å². The smallest absolute Gasteiger partial charge is 0.306 e. The molecule has 1 saturated heterocycles. The zero-order valence-corrected chi connectivity index (χ0v) is 12.5. The van der Waals surface area contributed by atoms with Crippen molar-refractivity contribution in [2.24, 2.45) is 11.7 Å². The Labute approximate surface area is 115 Å². The van der Waals surface area contributed by atoms with Crippen molar-refractivity contribution in [1.82, 2.24) is 4.31 Å². The van der Waals surface area contributed by atoms with E-state index in [9.17, 15) is 13.2 Å². The van der Waals surface area contributed by atoms with E-state index < -0.39 is 16.0 Å². The van der Waals surface area contributed by atoms with Crippen LogP contribution < -0.4 is 5.73 Å². The van der Waals surface area contributed by atoms with Gasteiger partial charge in [0, 0.05) is 12.6 Å². The first-order valence-electron chi connectivity index (χ1n) is 6.76. The van der Waals surface area contributed by atoms with Gasteiger partial charge >= 0.3 is 5.97 Å². The Hall–Kier alpha value is -0.660. The maximum Gasteiger partial charge on any atom is 0.306 e. The Morgan fingerprint density at radius 1 is 1.42 bits per heavy atom. The second-order valence-electron chi connectivity index (χ2n) is 4.97. The molecule has 7 heteroatoms. The number of sulfonamides is 1. The van der Waals surface area contributed by atoms with Crippen LogP contribution in [0.15, 0.2) is 0 Å². The minimum absolute atomic E-state index is 0.0185. The van der Waals surface area contributed by atoms with Crippen LogP contribution in [-0.4, -0.2) is 50.2 Å². The second kappa shape index (κ2) is 7.21. The highest BCUT2D eigenvalue weighted by Crippen LogP contribution is 2.24. The summed E-state index contributed by atoms with van der Waals surface area (Å²) in [6.45, 7) is 4.83. The first-order valence-corrected chi connectivity index (χ1v) is 8.36. The third-order valence-corrected chi connectivity index (χ3v) is 5.43. The molecule has 0 saturated carbocycles. The summed E-state index contributed by atoms with van der Waals surface area (Å²) in [6, 6.07) is -0.0185. The molecule has 0 aromatic carbocycles. The van der Waals surface area contributed by atoms with Gasteiger partial charge in [-0.2, -0.15) is 4.31 Å². The van der Waals surface area contributed by atoms with Gasteiger partial charge in [0.1, 0.15) is 0 Å². The van der Waals surface area contributed by atoms with Crippen molar-refractivity contribution in [3.8, 4) is 0 Å². The average Bonchev–Trinajstić information content (AvgIpc) is 2.37. The third kappa shape index (κ3) is 4.74. The van der Waals surface area contributed by atoms with E-state index in [2.05, 4.69) is 0 Å². The lowest BCUT2D eigenvalue weighted by Crippen LogP contribution is -2.48. The van der Waals surface area contributed by atoms with Crippen molar-refractivity contribution >= 4 is 16.0 Å². The van der Waals surface area contributed by atoms with Crippen LogP contribution in [0.2, 0.25) is 0 Å². The Morgan fingerprint density at radius 3 is 2.68 bits per heavy atom. The Balaban J connectivity index is 2.62. The van der Waals surface area contributed by atoms with E-state index >= 15 is 0 Å². The highest BCUT2D eigenvalue weighted by atomic mass is 32.2. The van der Waals surface area contributed by atoms with Gasteiger partial charge in [0.2, 0.25) is 10.0 Å². The van der Waals surface area contributed by atoms with E-state index in [1.54, 1.807) is 6.92 Å². The molecule has 112 valence electrons. The van der Waals surface area contributed by atoms with Crippen molar-refractivity contribution in [2.75, 3.05) is 25.4 Å². The summed E-state index contributed by atoms with van der Waals surface area (Å²) in [5.74, 6) is -0.437. The number of carbonyl (C=O) groups is 1. The fraction of sp³-hybridized carbons (Fsp3) is 0.917. The summed E-state index contributed by atoms with van der Waals surface area (Å²) < 4.78 is 30.7. The van der Waals surface area contributed by atoms with Gasteiger partial charge in [-0.1, -0.05) is 0 Å². The number of rotatable bonds is 6. The molecule has 0 spiro atoms. The molecule has 0 bridgehead atoms. The number of hydrogen-bond donors (Lipinski definition) is 1. The van der Waals surface area contributed by atoms with Crippen molar-refractivity contribution in [1.29, 1.82) is 0 Å². The summed E-state index contributed by atoms with van der Waals surface area (Å²) in [4.78, 5) is 11.2. The van der Waals surface area contributed by atoms with Gasteiger partial charge < -0.3 is 10.5 Å². The predicted octanol–water partition coefficient (Wildman–Crippen LogP) is 0.329. The zero-order chi connectivity index (χ0) is 14.5. The highest BCUT2D eigenvalue weighted by molar-refractivity contribution is 7.89. The van der Waals surface area contributed by atoms with Crippen LogP contribution in [0.5, 0.6) is 0 Å². The molecule has 2 atom stereocenters. The van der Waals surface area contributed by atoms with Crippen LogP contribution >= 0.6 is 0 Å². The standard InChI is InChI=1S/C12H24N2O4S/c1-3-18-12(15)6-7-19(16,17)14-9-11(8-13)5-4-10(14)2/h10-11H,3-9,13H2,1-2H3. The molecular weight excluding hydrogens is 268 g/mol. The van der Waals surface area contributed by atoms with Gasteiger partial charge in [0.25, 0.3) is 0 Å². The lowest BCUT2D eigenvalue weighted by Gasteiger charge is -2.36. The summed E-state index contributed by atoms with van der Waals surface area (Å²) in [5.41, 5.74) is 5.62. The Kier molecular flexibility index (Phi) is 6.22. The fourth-order valence-corrected chi connectivity index (χ4v) is 4.04. The van der Waals surface area contributed by atoms with E-state index in [1.165, 1.54) is 4.31 Å². The molecule has 0 radical (unpaired) electrons. The van der Waals surface area contributed by atoms with Crippen molar-refractivity contribution in [2.45, 2.75) is 39.2 Å². The molecule has 0 aliphatic carbocycles. The highest BCUT2D eigenvalue weighted by Gasteiger charge is 2.33. The van der Waals surface area contributed by atoms with Crippen LogP contribution in [-0.2, 0) is 19.6 Å².